The maximum atomic E-state index is 10.6. The summed E-state index contributed by atoms with van der Waals surface area (Å²) >= 11 is 0. The first-order valence-corrected chi connectivity index (χ1v) is 7.22. The van der Waals surface area contributed by atoms with Crippen LogP contribution in [-0.4, -0.2) is 37.6 Å². The Hall–Kier alpha value is -3.09. The maximum Gasteiger partial charge on any atom is 0.303 e. The van der Waals surface area contributed by atoms with Crippen molar-refractivity contribution in [3.05, 3.63) is 43.0 Å². The number of rotatable bonds is 6. The van der Waals surface area contributed by atoms with Crippen LogP contribution in [0.5, 0.6) is 0 Å². The molecular formula is C16H15N5O2. The molecule has 0 radical (unpaired) electrons. The Balaban J connectivity index is 1.93. The molecule has 0 aliphatic heterocycles. The Morgan fingerprint density at radius 1 is 1.09 bits per heavy atom. The van der Waals surface area contributed by atoms with Gasteiger partial charge in [-0.15, -0.1) is 0 Å². The van der Waals surface area contributed by atoms with Crippen LogP contribution in [0.3, 0.4) is 0 Å². The van der Waals surface area contributed by atoms with Gasteiger partial charge in [-0.2, -0.15) is 0 Å². The van der Waals surface area contributed by atoms with Gasteiger partial charge in [-0.25, -0.2) is 9.97 Å². The molecule has 0 aliphatic carbocycles. The average molecular weight is 309 g/mol. The van der Waals surface area contributed by atoms with E-state index in [1.165, 1.54) is 0 Å². The van der Waals surface area contributed by atoms with Crippen LogP contribution < -0.4 is 5.32 Å². The number of hydrogen-bond donors (Lipinski definition) is 2. The van der Waals surface area contributed by atoms with Crippen LogP contribution in [-0.2, 0) is 4.79 Å². The second-order valence-corrected chi connectivity index (χ2v) is 4.95. The lowest BCUT2D eigenvalue weighted by molar-refractivity contribution is -0.137. The molecule has 116 valence electrons. The molecule has 0 saturated carbocycles. The Morgan fingerprint density at radius 3 is 2.65 bits per heavy atom. The van der Waals surface area contributed by atoms with Gasteiger partial charge >= 0.3 is 5.97 Å². The van der Waals surface area contributed by atoms with Gasteiger partial charge in [0.1, 0.15) is 5.82 Å². The van der Waals surface area contributed by atoms with Crippen molar-refractivity contribution in [3.8, 4) is 11.4 Å². The second kappa shape index (κ2) is 6.78. The number of nitrogens with zero attached hydrogens (tertiary/aromatic N) is 4. The van der Waals surface area contributed by atoms with Gasteiger partial charge < -0.3 is 10.4 Å². The molecule has 3 aromatic heterocycles. The molecule has 0 bridgehead atoms. The van der Waals surface area contributed by atoms with Gasteiger partial charge in [0.25, 0.3) is 0 Å². The molecule has 0 amide bonds. The molecule has 0 aromatic carbocycles. The van der Waals surface area contributed by atoms with Crippen molar-refractivity contribution in [2.45, 2.75) is 12.8 Å². The van der Waals surface area contributed by atoms with E-state index >= 15 is 0 Å². The quantitative estimate of drug-likeness (QED) is 0.674. The zero-order valence-corrected chi connectivity index (χ0v) is 12.3. The van der Waals surface area contributed by atoms with Crippen LogP contribution in [0.15, 0.2) is 43.0 Å². The minimum Gasteiger partial charge on any atom is -0.481 e. The fraction of sp³-hybridized carbons (Fsp3) is 0.188. The molecule has 0 saturated heterocycles. The fourth-order valence-electron chi connectivity index (χ4n) is 2.19. The highest BCUT2D eigenvalue weighted by Crippen LogP contribution is 2.23. The molecule has 7 nitrogen and oxygen atoms in total. The lowest BCUT2D eigenvalue weighted by Crippen LogP contribution is -2.07. The van der Waals surface area contributed by atoms with E-state index in [-0.39, 0.29) is 6.42 Å². The highest BCUT2D eigenvalue weighted by atomic mass is 16.4. The van der Waals surface area contributed by atoms with Crippen molar-refractivity contribution >= 4 is 22.7 Å². The van der Waals surface area contributed by atoms with E-state index in [4.69, 9.17) is 5.11 Å². The van der Waals surface area contributed by atoms with E-state index in [0.29, 0.717) is 24.6 Å². The van der Waals surface area contributed by atoms with Gasteiger partial charge in [-0.1, -0.05) is 0 Å². The Kier molecular flexibility index (Phi) is 4.37. The molecule has 7 heteroatoms. The molecule has 0 unspecified atom stereocenters. The molecule has 3 rings (SSSR count). The normalized spacial score (nSPS) is 10.6. The van der Waals surface area contributed by atoms with Gasteiger partial charge in [0.15, 0.2) is 5.82 Å². The topological polar surface area (TPSA) is 101 Å². The third-order valence-corrected chi connectivity index (χ3v) is 3.30. The Bertz CT molecular complexity index is 823. The maximum absolute atomic E-state index is 10.6. The lowest BCUT2D eigenvalue weighted by atomic mass is 10.2. The van der Waals surface area contributed by atoms with E-state index < -0.39 is 5.97 Å². The highest BCUT2D eigenvalue weighted by Gasteiger charge is 2.09. The van der Waals surface area contributed by atoms with Gasteiger partial charge in [-0.3, -0.25) is 14.8 Å². The number of hydrogen-bond acceptors (Lipinski definition) is 6. The number of nitrogens with one attached hydrogen (secondary N) is 1. The smallest absolute Gasteiger partial charge is 0.303 e. The molecule has 0 spiro atoms. The summed E-state index contributed by atoms with van der Waals surface area (Å²) in [6.45, 7) is 0.524. The van der Waals surface area contributed by atoms with Crippen LogP contribution in [0, 0.1) is 0 Å². The molecule has 0 fully saturated rings. The fourth-order valence-corrected chi connectivity index (χ4v) is 2.19. The number of carboxylic acid groups (broad SMARTS) is 1. The average Bonchev–Trinajstić information content (AvgIpc) is 2.59. The van der Waals surface area contributed by atoms with Crippen molar-refractivity contribution in [2.75, 3.05) is 11.9 Å². The number of aromatic nitrogens is 4. The zero-order chi connectivity index (χ0) is 16.1. The van der Waals surface area contributed by atoms with Crippen molar-refractivity contribution in [2.24, 2.45) is 0 Å². The summed E-state index contributed by atoms with van der Waals surface area (Å²) < 4.78 is 0. The van der Waals surface area contributed by atoms with Crippen molar-refractivity contribution < 1.29 is 9.90 Å². The van der Waals surface area contributed by atoms with Crippen LogP contribution in [0.25, 0.3) is 22.3 Å². The first-order valence-electron chi connectivity index (χ1n) is 7.22. The van der Waals surface area contributed by atoms with Crippen molar-refractivity contribution in [1.29, 1.82) is 0 Å². The molecule has 3 aromatic rings. The van der Waals surface area contributed by atoms with Gasteiger partial charge in [-0.05, 0) is 24.6 Å². The third-order valence-electron chi connectivity index (χ3n) is 3.30. The summed E-state index contributed by atoms with van der Waals surface area (Å²) in [6.07, 6.45) is 7.38. The number of carbonyl (C=O) groups is 1. The summed E-state index contributed by atoms with van der Waals surface area (Å²) in [5.41, 5.74) is 1.59. The van der Waals surface area contributed by atoms with E-state index in [9.17, 15) is 4.79 Å². The van der Waals surface area contributed by atoms with Crippen LogP contribution in [0.4, 0.5) is 5.82 Å². The Labute approximate surface area is 132 Å². The molecule has 2 N–H and O–H groups in total. The largest absolute Gasteiger partial charge is 0.481 e. The van der Waals surface area contributed by atoms with Gasteiger partial charge in [0.05, 0.1) is 11.7 Å². The lowest BCUT2D eigenvalue weighted by Gasteiger charge is -2.10. The standard InChI is InChI=1S/C16H15N5O2/c22-14(23)2-1-6-19-16-12-5-9-18-10-13(12)20-15(21-16)11-3-7-17-8-4-11/h3-5,7-10H,1-2,6H2,(H,22,23)(H,19,20,21). The molecule has 23 heavy (non-hydrogen) atoms. The molecule has 0 aliphatic rings. The molecular weight excluding hydrogens is 294 g/mol. The van der Waals surface area contributed by atoms with Crippen LogP contribution in [0.2, 0.25) is 0 Å². The molecule has 0 atom stereocenters. The number of anilines is 1. The van der Waals surface area contributed by atoms with E-state index in [1.807, 2.05) is 18.2 Å². The zero-order valence-electron chi connectivity index (χ0n) is 12.3. The first-order chi connectivity index (χ1) is 11.2. The summed E-state index contributed by atoms with van der Waals surface area (Å²) in [7, 11) is 0. The van der Waals surface area contributed by atoms with Crippen LogP contribution in [0.1, 0.15) is 12.8 Å². The predicted octanol–water partition coefficient (Wildman–Crippen LogP) is 2.36. The highest BCUT2D eigenvalue weighted by molar-refractivity contribution is 5.89. The second-order valence-electron chi connectivity index (χ2n) is 4.95. The number of fused-ring (bicyclic) bond motifs is 1. The number of carboxylic acids is 1. The predicted molar refractivity (Wildman–Crippen MR) is 85.9 cm³/mol. The SMILES string of the molecule is O=C(O)CCCNc1nc(-c2ccncc2)nc2cnccc12. The van der Waals surface area contributed by atoms with E-state index in [1.54, 1.807) is 24.8 Å². The van der Waals surface area contributed by atoms with Gasteiger partial charge in [0, 0.05) is 42.5 Å². The summed E-state index contributed by atoms with van der Waals surface area (Å²) in [4.78, 5) is 27.8. The molecule has 3 heterocycles. The summed E-state index contributed by atoms with van der Waals surface area (Å²) in [6, 6.07) is 5.52. The van der Waals surface area contributed by atoms with Crippen LogP contribution >= 0.6 is 0 Å². The summed E-state index contributed by atoms with van der Waals surface area (Å²) in [5.74, 6) is 0.448. The number of pyridine rings is 2. The van der Waals surface area contributed by atoms with Crippen molar-refractivity contribution in [3.63, 3.8) is 0 Å². The minimum absolute atomic E-state index is 0.120. The van der Waals surface area contributed by atoms with E-state index in [2.05, 4.69) is 25.3 Å². The third kappa shape index (κ3) is 3.57. The summed E-state index contributed by atoms with van der Waals surface area (Å²) in [5, 5.41) is 12.8. The van der Waals surface area contributed by atoms with Gasteiger partial charge in [0.2, 0.25) is 0 Å². The number of aliphatic carboxylic acids is 1. The van der Waals surface area contributed by atoms with Crippen molar-refractivity contribution in [1.82, 2.24) is 19.9 Å². The van der Waals surface area contributed by atoms with E-state index in [0.717, 1.165) is 16.5 Å². The monoisotopic (exact) mass is 309 g/mol. The minimum atomic E-state index is -0.805. The Morgan fingerprint density at radius 2 is 1.87 bits per heavy atom. The first kappa shape index (κ1) is 14.8.